The van der Waals surface area contributed by atoms with Gasteiger partial charge in [0.05, 0.1) is 21.3 Å². The Morgan fingerprint density at radius 1 is 1.08 bits per heavy atom. The highest BCUT2D eigenvalue weighted by molar-refractivity contribution is 5.61. The summed E-state index contributed by atoms with van der Waals surface area (Å²) in [4.78, 5) is 0. The zero-order chi connectivity index (χ0) is 16.8. The molecule has 0 saturated carbocycles. The number of ether oxygens (including phenoxy) is 3. The Morgan fingerprint density at radius 3 is 2.62 bits per heavy atom. The minimum Gasteiger partial charge on any atom is -0.504 e. The Hall–Kier alpha value is -2.14. The van der Waals surface area contributed by atoms with Gasteiger partial charge in [-0.1, -0.05) is 0 Å². The first-order valence-electron chi connectivity index (χ1n) is 8.36. The number of methoxy groups -OCH3 is 3. The van der Waals surface area contributed by atoms with Gasteiger partial charge in [-0.3, -0.25) is 0 Å². The fourth-order valence-electron chi connectivity index (χ4n) is 4.44. The van der Waals surface area contributed by atoms with Gasteiger partial charge in [0.1, 0.15) is 0 Å². The van der Waals surface area contributed by atoms with Crippen molar-refractivity contribution in [1.82, 2.24) is 5.32 Å². The quantitative estimate of drug-likeness (QED) is 0.893. The third-order valence-electron chi connectivity index (χ3n) is 5.45. The van der Waals surface area contributed by atoms with Gasteiger partial charge < -0.3 is 24.6 Å². The normalized spacial score (nSPS) is 27.4. The van der Waals surface area contributed by atoms with Gasteiger partial charge in [0.25, 0.3) is 0 Å². The molecule has 0 radical (unpaired) electrons. The molecule has 0 spiro atoms. The number of benzene rings is 1. The molecule has 0 aromatic heterocycles. The number of nitrogens with one attached hydrogen (secondary N) is 1. The van der Waals surface area contributed by atoms with Crippen molar-refractivity contribution in [3.05, 3.63) is 46.4 Å². The highest BCUT2D eigenvalue weighted by Gasteiger charge is 2.41. The van der Waals surface area contributed by atoms with Gasteiger partial charge in [-0.15, -0.1) is 0 Å². The van der Waals surface area contributed by atoms with Crippen LogP contribution in [0.4, 0.5) is 0 Å². The fraction of sp³-hybridized carbons (Fsp3) is 0.474. The number of fused-ring (bicyclic) bond motifs is 2. The maximum Gasteiger partial charge on any atom is 0.164 e. The van der Waals surface area contributed by atoms with Gasteiger partial charge >= 0.3 is 0 Å². The summed E-state index contributed by atoms with van der Waals surface area (Å²) in [5, 5.41) is 13.8. The molecule has 1 aliphatic heterocycles. The van der Waals surface area contributed by atoms with E-state index < -0.39 is 0 Å². The van der Waals surface area contributed by atoms with Crippen LogP contribution in [0.3, 0.4) is 0 Å². The van der Waals surface area contributed by atoms with E-state index in [1.165, 1.54) is 16.7 Å². The lowest BCUT2D eigenvalue weighted by Crippen LogP contribution is -2.37. The highest BCUT2D eigenvalue weighted by Crippen LogP contribution is 2.54. The second-order valence-electron chi connectivity index (χ2n) is 6.57. The van der Waals surface area contributed by atoms with Crippen LogP contribution in [-0.4, -0.2) is 33.0 Å². The third-order valence-corrected chi connectivity index (χ3v) is 5.45. The fourth-order valence-corrected chi connectivity index (χ4v) is 4.44. The molecule has 0 bridgehead atoms. The van der Waals surface area contributed by atoms with Crippen molar-refractivity contribution in [1.29, 1.82) is 0 Å². The van der Waals surface area contributed by atoms with E-state index in [0.29, 0.717) is 5.76 Å². The summed E-state index contributed by atoms with van der Waals surface area (Å²) < 4.78 is 16.7. The minimum absolute atomic E-state index is 0.116. The Labute approximate surface area is 141 Å². The predicted molar refractivity (Wildman–Crippen MR) is 90.6 cm³/mol. The standard InChI is InChI=1S/C19H23NO4/c1-22-15-9-12-11(7-14(15)21)6-13-17-10(4-5-20-13)8-16(23-2)19(24-3)18(12)17/h7-9,11-13,20-21H,4-6H2,1-3H3. The van der Waals surface area contributed by atoms with Crippen LogP contribution in [0, 0.1) is 5.92 Å². The van der Waals surface area contributed by atoms with Gasteiger partial charge in [0, 0.05) is 17.5 Å². The zero-order valence-corrected chi connectivity index (χ0v) is 14.3. The molecule has 4 rings (SSSR count). The Morgan fingerprint density at radius 2 is 1.92 bits per heavy atom. The molecule has 0 saturated heterocycles. The van der Waals surface area contributed by atoms with Crippen molar-refractivity contribution in [3.8, 4) is 11.5 Å². The van der Waals surface area contributed by atoms with E-state index in [1.54, 1.807) is 21.3 Å². The minimum atomic E-state index is 0.116. The molecule has 5 nitrogen and oxygen atoms in total. The summed E-state index contributed by atoms with van der Waals surface area (Å²) >= 11 is 0. The largest absolute Gasteiger partial charge is 0.504 e. The number of hydrogen-bond donors (Lipinski definition) is 2. The first-order valence-corrected chi connectivity index (χ1v) is 8.36. The summed E-state index contributed by atoms with van der Waals surface area (Å²) in [6.07, 6.45) is 5.87. The second-order valence-corrected chi connectivity index (χ2v) is 6.57. The monoisotopic (exact) mass is 329 g/mol. The first-order chi connectivity index (χ1) is 11.7. The van der Waals surface area contributed by atoms with E-state index in [-0.39, 0.29) is 23.6 Å². The Balaban J connectivity index is 1.96. The molecule has 1 aromatic rings. The smallest absolute Gasteiger partial charge is 0.164 e. The number of allylic oxidation sites excluding steroid dienone is 2. The Bertz CT molecular complexity index is 737. The van der Waals surface area contributed by atoms with Crippen molar-refractivity contribution in [2.45, 2.75) is 24.8 Å². The van der Waals surface area contributed by atoms with Gasteiger partial charge in [0.15, 0.2) is 23.0 Å². The summed E-state index contributed by atoms with van der Waals surface area (Å²) in [5.74, 6) is 2.64. The van der Waals surface area contributed by atoms with Crippen LogP contribution in [0.1, 0.15) is 35.1 Å². The van der Waals surface area contributed by atoms with E-state index in [4.69, 9.17) is 14.2 Å². The van der Waals surface area contributed by atoms with Crippen molar-refractivity contribution in [2.24, 2.45) is 5.92 Å². The molecule has 1 aromatic carbocycles. The molecule has 2 aliphatic carbocycles. The van der Waals surface area contributed by atoms with Gasteiger partial charge in [0.2, 0.25) is 0 Å². The van der Waals surface area contributed by atoms with E-state index in [0.717, 1.165) is 30.9 Å². The predicted octanol–water partition coefficient (Wildman–Crippen LogP) is 2.98. The lowest BCUT2D eigenvalue weighted by molar-refractivity contribution is 0.237. The number of rotatable bonds is 3. The molecular weight excluding hydrogens is 306 g/mol. The zero-order valence-electron chi connectivity index (χ0n) is 14.3. The summed E-state index contributed by atoms with van der Waals surface area (Å²) in [5.41, 5.74) is 3.83. The van der Waals surface area contributed by atoms with Crippen molar-refractivity contribution >= 4 is 0 Å². The van der Waals surface area contributed by atoms with E-state index in [2.05, 4.69) is 11.4 Å². The molecule has 2 N–H and O–H groups in total. The van der Waals surface area contributed by atoms with Crippen LogP contribution >= 0.6 is 0 Å². The van der Waals surface area contributed by atoms with Crippen molar-refractivity contribution in [3.63, 3.8) is 0 Å². The van der Waals surface area contributed by atoms with Crippen LogP contribution in [0.25, 0.3) is 0 Å². The molecule has 0 amide bonds. The number of hydrogen-bond acceptors (Lipinski definition) is 5. The lowest BCUT2D eigenvalue weighted by atomic mass is 9.68. The highest BCUT2D eigenvalue weighted by atomic mass is 16.5. The summed E-state index contributed by atoms with van der Waals surface area (Å²) in [6, 6.07) is 2.40. The summed E-state index contributed by atoms with van der Waals surface area (Å²) in [6.45, 7) is 0.957. The molecule has 3 unspecified atom stereocenters. The molecular formula is C19H23NO4. The van der Waals surface area contributed by atoms with Crippen LogP contribution in [0.2, 0.25) is 0 Å². The van der Waals surface area contributed by atoms with E-state index >= 15 is 0 Å². The SMILES string of the molecule is COC1=CC2c3c(OC)c(OC)cc4c3C(CC2C=C1O)NCC4. The van der Waals surface area contributed by atoms with Crippen molar-refractivity contribution in [2.75, 3.05) is 27.9 Å². The first kappa shape index (κ1) is 15.4. The Kier molecular flexibility index (Phi) is 3.68. The second kappa shape index (κ2) is 5.74. The van der Waals surface area contributed by atoms with Gasteiger partial charge in [-0.2, -0.15) is 0 Å². The van der Waals surface area contributed by atoms with Crippen LogP contribution < -0.4 is 14.8 Å². The molecule has 3 atom stereocenters. The topological polar surface area (TPSA) is 60.0 Å². The third kappa shape index (κ3) is 2.11. The maximum absolute atomic E-state index is 10.2. The average molecular weight is 329 g/mol. The molecule has 128 valence electrons. The molecule has 5 heteroatoms. The van der Waals surface area contributed by atoms with Gasteiger partial charge in [-0.25, -0.2) is 0 Å². The van der Waals surface area contributed by atoms with E-state index in [9.17, 15) is 5.11 Å². The molecule has 1 heterocycles. The molecule has 0 fully saturated rings. The average Bonchev–Trinajstić information content (AvgIpc) is 2.60. The van der Waals surface area contributed by atoms with Crippen molar-refractivity contribution < 1.29 is 19.3 Å². The maximum atomic E-state index is 10.2. The number of aliphatic hydroxyl groups excluding tert-OH is 1. The van der Waals surface area contributed by atoms with Gasteiger partial charge in [-0.05, 0) is 54.6 Å². The lowest BCUT2D eigenvalue weighted by Gasteiger charge is -2.42. The van der Waals surface area contributed by atoms with Crippen LogP contribution in [-0.2, 0) is 11.2 Å². The van der Waals surface area contributed by atoms with E-state index in [1.807, 2.05) is 12.2 Å². The number of aliphatic hydroxyl groups is 1. The van der Waals surface area contributed by atoms with Crippen LogP contribution in [0.5, 0.6) is 11.5 Å². The molecule has 24 heavy (non-hydrogen) atoms. The van der Waals surface area contributed by atoms with Crippen LogP contribution in [0.15, 0.2) is 29.7 Å². The molecule has 3 aliphatic rings. The summed E-state index contributed by atoms with van der Waals surface area (Å²) in [7, 11) is 4.95.